The van der Waals surface area contributed by atoms with Gasteiger partial charge in [-0.25, -0.2) is 8.42 Å². The van der Waals surface area contributed by atoms with Gasteiger partial charge in [0, 0.05) is 50.4 Å². The molecule has 0 saturated heterocycles. The molecule has 0 bridgehead atoms. The molecule has 0 fully saturated rings. The largest absolute Gasteiger partial charge is 0.307 e. The van der Waals surface area contributed by atoms with E-state index < -0.39 is 10.0 Å². The Balaban J connectivity index is 1.68. The molecule has 1 aliphatic heterocycles. The summed E-state index contributed by atoms with van der Waals surface area (Å²) in [6.45, 7) is 8.22. The van der Waals surface area contributed by atoms with Crippen LogP contribution >= 0.6 is 0 Å². The van der Waals surface area contributed by atoms with E-state index >= 15 is 0 Å². The molecule has 3 aromatic rings. The number of hydrogen-bond acceptors (Lipinski definition) is 4. The Morgan fingerprint density at radius 1 is 1.06 bits per heavy atom. The SMILES string of the molecule is CC(=O)N(Cc1nn(C)c2c1CN(S(=O)(=O)c1cc(C)c(C)cc1C)CC2)c1ccccc1. The minimum absolute atomic E-state index is 0.0911. The zero-order valence-electron chi connectivity index (χ0n) is 19.8. The first-order valence-electron chi connectivity index (χ1n) is 11.0. The van der Waals surface area contributed by atoms with E-state index in [0.717, 1.165) is 39.3 Å². The van der Waals surface area contributed by atoms with Crippen molar-refractivity contribution in [1.82, 2.24) is 14.1 Å². The smallest absolute Gasteiger partial charge is 0.243 e. The van der Waals surface area contributed by atoms with Crippen LogP contribution in [-0.4, -0.2) is 35.0 Å². The lowest BCUT2D eigenvalue weighted by molar-refractivity contribution is -0.116. The number of amides is 1. The summed E-state index contributed by atoms with van der Waals surface area (Å²) in [6, 6.07) is 13.1. The van der Waals surface area contributed by atoms with E-state index in [1.807, 2.05) is 68.9 Å². The molecular formula is C25H30N4O3S. The number of anilines is 1. The molecule has 1 amide bonds. The van der Waals surface area contributed by atoms with Crippen LogP contribution in [0.2, 0.25) is 0 Å². The zero-order chi connectivity index (χ0) is 23.9. The number of hydrogen-bond donors (Lipinski definition) is 0. The van der Waals surface area contributed by atoms with Gasteiger partial charge >= 0.3 is 0 Å². The molecule has 1 aromatic heterocycles. The Morgan fingerprint density at radius 2 is 1.73 bits per heavy atom. The Kier molecular flexibility index (Phi) is 6.16. The van der Waals surface area contributed by atoms with E-state index in [0.29, 0.717) is 24.4 Å². The summed E-state index contributed by atoms with van der Waals surface area (Å²) >= 11 is 0. The highest BCUT2D eigenvalue weighted by Crippen LogP contribution is 2.30. The molecule has 0 aliphatic carbocycles. The molecule has 0 unspecified atom stereocenters. The zero-order valence-corrected chi connectivity index (χ0v) is 20.6. The van der Waals surface area contributed by atoms with E-state index in [9.17, 15) is 13.2 Å². The number of para-hydroxylation sites is 1. The Morgan fingerprint density at radius 3 is 2.39 bits per heavy atom. The number of carbonyl (C=O) groups is 1. The van der Waals surface area contributed by atoms with Crippen LogP contribution in [0.4, 0.5) is 5.69 Å². The van der Waals surface area contributed by atoms with E-state index in [-0.39, 0.29) is 12.5 Å². The topological polar surface area (TPSA) is 75.5 Å². The molecule has 7 nitrogen and oxygen atoms in total. The highest BCUT2D eigenvalue weighted by atomic mass is 32.2. The second-order valence-electron chi connectivity index (χ2n) is 8.73. The lowest BCUT2D eigenvalue weighted by atomic mass is 10.1. The number of aryl methyl sites for hydroxylation is 4. The van der Waals surface area contributed by atoms with E-state index in [4.69, 9.17) is 0 Å². The summed E-state index contributed by atoms with van der Waals surface area (Å²) in [6.07, 6.45) is 0.577. The fourth-order valence-electron chi connectivity index (χ4n) is 4.47. The van der Waals surface area contributed by atoms with Crippen molar-refractivity contribution in [2.75, 3.05) is 11.4 Å². The average Bonchev–Trinajstić information content (AvgIpc) is 3.09. The van der Waals surface area contributed by atoms with Crippen LogP contribution in [0, 0.1) is 20.8 Å². The first-order chi connectivity index (χ1) is 15.6. The predicted molar refractivity (Wildman–Crippen MR) is 128 cm³/mol. The summed E-state index contributed by atoms with van der Waals surface area (Å²) in [5.74, 6) is -0.0911. The fraction of sp³-hybridized carbons (Fsp3) is 0.360. The van der Waals surface area contributed by atoms with Gasteiger partial charge in [0.1, 0.15) is 0 Å². The van der Waals surface area contributed by atoms with Gasteiger partial charge in [0.25, 0.3) is 0 Å². The first-order valence-corrected chi connectivity index (χ1v) is 12.5. The van der Waals surface area contributed by atoms with Gasteiger partial charge in [-0.3, -0.25) is 9.48 Å². The molecule has 4 rings (SSSR count). The van der Waals surface area contributed by atoms with E-state index in [1.54, 1.807) is 11.0 Å². The Bertz CT molecular complexity index is 1310. The molecule has 8 heteroatoms. The number of fused-ring (bicyclic) bond motifs is 1. The first kappa shape index (κ1) is 23.2. The molecular weight excluding hydrogens is 436 g/mol. The maximum absolute atomic E-state index is 13.6. The van der Waals surface area contributed by atoms with Gasteiger partial charge in [-0.15, -0.1) is 0 Å². The number of nitrogens with zero attached hydrogens (tertiary/aromatic N) is 4. The maximum Gasteiger partial charge on any atom is 0.243 e. The van der Waals surface area contributed by atoms with Gasteiger partial charge < -0.3 is 4.90 Å². The van der Waals surface area contributed by atoms with Crippen LogP contribution in [0.5, 0.6) is 0 Å². The molecule has 1 aliphatic rings. The van der Waals surface area contributed by atoms with Crippen molar-refractivity contribution < 1.29 is 13.2 Å². The van der Waals surface area contributed by atoms with Crippen molar-refractivity contribution in [2.24, 2.45) is 7.05 Å². The standard InChI is InChI=1S/C25H30N4O3S/c1-17-13-19(3)25(14-18(17)2)33(31,32)28-12-11-24-22(15-28)23(26-27(24)5)16-29(20(4)30)21-9-7-6-8-10-21/h6-10,13-14H,11-12,15-16H2,1-5H3. The predicted octanol–water partition coefficient (Wildman–Crippen LogP) is 3.65. The highest BCUT2D eigenvalue weighted by molar-refractivity contribution is 7.89. The van der Waals surface area contributed by atoms with Crippen LogP contribution < -0.4 is 4.90 Å². The summed E-state index contributed by atoms with van der Waals surface area (Å²) in [7, 11) is -1.79. The normalized spacial score (nSPS) is 14.2. The average molecular weight is 467 g/mol. The van der Waals surface area contributed by atoms with Crippen molar-refractivity contribution in [3.8, 4) is 0 Å². The highest BCUT2D eigenvalue weighted by Gasteiger charge is 2.33. The molecule has 2 aromatic carbocycles. The third-order valence-electron chi connectivity index (χ3n) is 6.46. The van der Waals surface area contributed by atoms with E-state index in [1.165, 1.54) is 11.2 Å². The second-order valence-corrected chi connectivity index (χ2v) is 10.6. The number of benzene rings is 2. The third-order valence-corrected chi connectivity index (χ3v) is 8.44. The van der Waals surface area contributed by atoms with Crippen LogP contribution in [0.1, 0.15) is 40.6 Å². The number of sulfonamides is 1. The molecule has 33 heavy (non-hydrogen) atoms. The van der Waals surface area contributed by atoms with Gasteiger partial charge in [-0.2, -0.15) is 9.40 Å². The van der Waals surface area contributed by atoms with Gasteiger partial charge in [-0.05, 0) is 55.7 Å². The van der Waals surface area contributed by atoms with Crippen LogP contribution in [-0.2, 0) is 41.4 Å². The van der Waals surface area contributed by atoms with Gasteiger partial charge in [0.15, 0.2) is 0 Å². The third kappa shape index (κ3) is 4.32. The molecule has 0 spiro atoms. The maximum atomic E-state index is 13.6. The van der Waals surface area contributed by atoms with Crippen molar-refractivity contribution in [3.05, 3.63) is 76.1 Å². The number of rotatable bonds is 5. The molecule has 0 radical (unpaired) electrons. The van der Waals surface area contributed by atoms with Crippen molar-refractivity contribution in [2.45, 2.75) is 52.1 Å². The molecule has 174 valence electrons. The Hall–Kier alpha value is -2.97. The number of carbonyl (C=O) groups excluding carboxylic acids is 1. The molecule has 2 heterocycles. The van der Waals surface area contributed by atoms with Crippen LogP contribution in [0.15, 0.2) is 47.4 Å². The Labute approximate surface area is 195 Å². The van der Waals surface area contributed by atoms with E-state index in [2.05, 4.69) is 5.10 Å². The minimum Gasteiger partial charge on any atom is -0.307 e. The summed E-state index contributed by atoms with van der Waals surface area (Å²) in [5.41, 5.74) is 6.20. The lowest BCUT2D eigenvalue weighted by Gasteiger charge is -2.28. The summed E-state index contributed by atoms with van der Waals surface area (Å²) in [4.78, 5) is 14.4. The summed E-state index contributed by atoms with van der Waals surface area (Å²) < 4.78 is 30.5. The lowest BCUT2D eigenvalue weighted by Crippen LogP contribution is -2.37. The van der Waals surface area contributed by atoms with Gasteiger partial charge in [0.05, 0.1) is 17.1 Å². The quantitative estimate of drug-likeness (QED) is 0.575. The minimum atomic E-state index is -3.66. The molecule has 0 saturated carbocycles. The molecule has 0 atom stereocenters. The second kappa shape index (κ2) is 8.76. The van der Waals surface area contributed by atoms with Crippen LogP contribution in [0.25, 0.3) is 0 Å². The van der Waals surface area contributed by atoms with Gasteiger partial charge in [-0.1, -0.05) is 24.3 Å². The summed E-state index contributed by atoms with van der Waals surface area (Å²) in [5, 5.41) is 4.67. The molecule has 0 N–H and O–H groups in total. The fourth-order valence-corrected chi connectivity index (χ4v) is 6.17. The van der Waals surface area contributed by atoms with Crippen molar-refractivity contribution in [3.63, 3.8) is 0 Å². The van der Waals surface area contributed by atoms with Crippen LogP contribution in [0.3, 0.4) is 0 Å². The number of aromatic nitrogens is 2. The van der Waals surface area contributed by atoms with Crippen molar-refractivity contribution >= 4 is 21.6 Å². The van der Waals surface area contributed by atoms with Crippen molar-refractivity contribution in [1.29, 1.82) is 0 Å². The monoisotopic (exact) mass is 466 g/mol. The van der Waals surface area contributed by atoms with Gasteiger partial charge in [0.2, 0.25) is 15.9 Å².